The second-order valence-corrected chi connectivity index (χ2v) is 8.50. The highest BCUT2D eigenvalue weighted by Gasteiger charge is 2.34. The maximum atomic E-state index is 14.0. The first-order chi connectivity index (χ1) is 16.4. The van der Waals surface area contributed by atoms with Gasteiger partial charge in [-0.1, -0.05) is 35.0 Å². The fourth-order valence-corrected chi connectivity index (χ4v) is 4.39. The predicted octanol–water partition coefficient (Wildman–Crippen LogP) is 6.54. The molecule has 2 heterocycles. The minimum Gasteiger partial charge on any atom is -0.351 e. The van der Waals surface area contributed by atoms with Gasteiger partial charge in [-0.05, 0) is 79.3 Å². The quantitative estimate of drug-likeness (QED) is 0.325. The molecule has 1 aliphatic rings. The van der Waals surface area contributed by atoms with Crippen molar-refractivity contribution < 1.29 is 13.3 Å². The molecule has 5 nitrogen and oxygen atoms in total. The molecule has 0 bridgehead atoms. The summed E-state index contributed by atoms with van der Waals surface area (Å²) in [4.78, 5) is 6.30. The van der Waals surface area contributed by atoms with Crippen molar-refractivity contribution in [3.05, 3.63) is 107 Å². The van der Waals surface area contributed by atoms with E-state index in [1.54, 1.807) is 41.3 Å². The average molecular weight is 495 g/mol. The molecule has 0 radical (unpaired) electrons. The number of hydrogen-bond donors (Lipinski definition) is 1. The zero-order valence-corrected chi connectivity index (χ0v) is 19.4. The minimum absolute atomic E-state index is 0.258. The van der Waals surface area contributed by atoms with Gasteiger partial charge in [-0.25, -0.2) is 8.78 Å². The van der Waals surface area contributed by atoms with Crippen LogP contribution in [-0.4, -0.2) is 15.3 Å². The molecule has 5 rings (SSSR count). The number of aromatic nitrogens is 2. The number of benzene rings is 3. The molecule has 0 fully saturated rings. The molecular formula is C25H17ClF2N4OS. The van der Waals surface area contributed by atoms with Crippen LogP contribution >= 0.6 is 23.8 Å². The van der Waals surface area contributed by atoms with E-state index in [1.807, 2.05) is 19.1 Å². The molecule has 1 aliphatic heterocycles. The monoisotopic (exact) mass is 494 g/mol. The molecule has 1 aromatic heterocycles. The highest BCUT2D eigenvalue weighted by atomic mass is 35.5. The molecular weight excluding hydrogens is 478 g/mol. The normalized spacial score (nSPS) is 16.1. The summed E-state index contributed by atoms with van der Waals surface area (Å²) in [6.45, 7) is 1.86. The molecule has 0 saturated heterocycles. The Kier molecular flexibility index (Phi) is 5.85. The van der Waals surface area contributed by atoms with E-state index in [-0.39, 0.29) is 17.5 Å². The molecule has 1 unspecified atom stereocenters. The number of thiocarbonyl (C=S) groups is 1. The zero-order valence-electron chi connectivity index (χ0n) is 17.8. The van der Waals surface area contributed by atoms with Gasteiger partial charge in [-0.3, -0.25) is 4.90 Å². The van der Waals surface area contributed by atoms with Gasteiger partial charge >= 0.3 is 0 Å². The Labute approximate surface area is 204 Å². The lowest BCUT2D eigenvalue weighted by Gasteiger charge is -2.37. The Bertz CT molecular complexity index is 1400. The fourth-order valence-electron chi connectivity index (χ4n) is 3.90. The zero-order chi connectivity index (χ0) is 23.8. The summed E-state index contributed by atoms with van der Waals surface area (Å²) in [6.07, 6.45) is 0. The largest absolute Gasteiger partial charge is 0.351 e. The number of allylic oxidation sites excluding steroid dienone is 1. The van der Waals surface area contributed by atoms with Gasteiger partial charge in [0.1, 0.15) is 11.6 Å². The van der Waals surface area contributed by atoms with Gasteiger partial charge in [0.15, 0.2) is 5.11 Å². The molecule has 170 valence electrons. The third-order valence-electron chi connectivity index (χ3n) is 5.51. The van der Waals surface area contributed by atoms with Gasteiger partial charge in [0.25, 0.3) is 5.89 Å². The molecule has 4 aromatic rings. The molecule has 0 amide bonds. The number of nitrogens with zero attached hydrogens (tertiary/aromatic N) is 3. The van der Waals surface area contributed by atoms with Crippen molar-refractivity contribution in [3.8, 4) is 11.4 Å². The van der Waals surface area contributed by atoms with Gasteiger partial charge in [-0.15, -0.1) is 0 Å². The van der Waals surface area contributed by atoms with Crippen LogP contribution in [0, 0.1) is 11.6 Å². The van der Waals surface area contributed by atoms with Crippen LogP contribution in [0.25, 0.3) is 17.0 Å². The second kappa shape index (κ2) is 8.96. The van der Waals surface area contributed by atoms with Crippen LogP contribution in [0.1, 0.15) is 24.4 Å². The van der Waals surface area contributed by atoms with Crippen LogP contribution in [-0.2, 0) is 0 Å². The smallest absolute Gasteiger partial charge is 0.258 e. The van der Waals surface area contributed by atoms with Gasteiger partial charge in [0.05, 0.1) is 17.3 Å². The van der Waals surface area contributed by atoms with Crippen LogP contribution < -0.4 is 10.2 Å². The Balaban J connectivity index is 1.65. The summed E-state index contributed by atoms with van der Waals surface area (Å²) in [6, 6.07) is 18.9. The highest BCUT2D eigenvalue weighted by Crippen LogP contribution is 2.39. The maximum absolute atomic E-state index is 14.0. The van der Waals surface area contributed by atoms with Crippen molar-refractivity contribution in [2.75, 3.05) is 4.90 Å². The highest BCUT2D eigenvalue weighted by molar-refractivity contribution is 7.80. The lowest BCUT2D eigenvalue weighted by atomic mass is 9.94. The van der Waals surface area contributed by atoms with Crippen molar-refractivity contribution in [1.29, 1.82) is 0 Å². The van der Waals surface area contributed by atoms with Gasteiger partial charge in [0, 0.05) is 16.3 Å². The van der Waals surface area contributed by atoms with E-state index < -0.39 is 6.04 Å². The number of nitrogens with one attached hydrogen (secondary N) is 1. The Hall–Kier alpha value is -3.62. The molecule has 0 aliphatic carbocycles. The molecule has 1 atom stereocenters. The molecule has 9 heteroatoms. The topological polar surface area (TPSA) is 54.2 Å². The number of halogens is 3. The third-order valence-corrected chi connectivity index (χ3v) is 6.07. The van der Waals surface area contributed by atoms with E-state index in [0.717, 1.165) is 5.56 Å². The van der Waals surface area contributed by atoms with E-state index in [2.05, 4.69) is 15.5 Å². The van der Waals surface area contributed by atoms with Crippen LogP contribution in [0.3, 0.4) is 0 Å². The summed E-state index contributed by atoms with van der Waals surface area (Å²) in [5, 5.41) is 8.40. The molecule has 0 spiro atoms. The first kappa shape index (κ1) is 22.2. The summed E-state index contributed by atoms with van der Waals surface area (Å²) in [7, 11) is 0. The Morgan fingerprint density at radius 2 is 1.74 bits per heavy atom. The average Bonchev–Trinajstić information content (AvgIpc) is 3.29. The Morgan fingerprint density at radius 3 is 2.44 bits per heavy atom. The number of rotatable bonds is 4. The van der Waals surface area contributed by atoms with Gasteiger partial charge in [-0.2, -0.15) is 4.98 Å². The summed E-state index contributed by atoms with van der Waals surface area (Å²) < 4.78 is 33.0. The van der Waals surface area contributed by atoms with Crippen LogP contribution in [0.5, 0.6) is 0 Å². The Morgan fingerprint density at radius 1 is 1.00 bits per heavy atom. The minimum atomic E-state index is -0.420. The lowest BCUT2D eigenvalue weighted by molar-refractivity contribution is 0.404. The van der Waals surface area contributed by atoms with Crippen LogP contribution in [0.2, 0.25) is 5.02 Å². The second-order valence-electron chi connectivity index (χ2n) is 7.68. The van der Waals surface area contributed by atoms with E-state index >= 15 is 0 Å². The first-order valence-corrected chi connectivity index (χ1v) is 11.1. The van der Waals surface area contributed by atoms with E-state index in [9.17, 15) is 8.78 Å². The van der Waals surface area contributed by atoms with Crippen LogP contribution in [0.4, 0.5) is 14.5 Å². The van der Waals surface area contributed by atoms with E-state index in [0.29, 0.717) is 38.5 Å². The SMILES string of the molecule is CC1=C(c2nc(-c3ccc(F)cc3)no2)C(c2ccc(Cl)cc2)NC(=S)N1c1cccc(F)c1. The maximum Gasteiger partial charge on any atom is 0.258 e. The lowest BCUT2D eigenvalue weighted by Crippen LogP contribution is -2.46. The standard InChI is InChI=1S/C25H17ClF2N4OS/c1-14-21(24-30-23(31-33-24)16-7-11-18(27)12-8-16)22(15-5-9-17(26)10-6-15)29-25(34)32(14)20-4-2-3-19(28)13-20/h2-13,22H,1H3,(H,29,34). The molecule has 34 heavy (non-hydrogen) atoms. The van der Waals surface area contributed by atoms with Crippen molar-refractivity contribution in [2.45, 2.75) is 13.0 Å². The number of anilines is 1. The van der Waals surface area contributed by atoms with Crippen molar-refractivity contribution in [3.63, 3.8) is 0 Å². The van der Waals surface area contributed by atoms with E-state index in [4.69, 9.17) is 28.3 Å². The third kappa shape index (κ3) is 4.18. The molecule has 1 N–H and O–H groups in total. The molecule has 3 aromatic carbocycles. The van der Waals surface area contributed by atoms with Gasteiger partial charge in [0.2, 0.25) is 5.82 Å². The molecule has 0 saturated carbocycles. The van der Waals surface area contributed by atoms with Gasteiger partial charge < -0.3 is 9.84 Å². The fraction of sp³-hybridized carbons (Fsp3) is 0.0800. The van der Waals surface area contributed by atoms with Crippen LogP contribution in [0.15, 0.2) is 83.0 Å². The summed E-state index contributed by atoms with van der Waals surface area (Å²) >= 11 is 11.8. The van der Waals surface area contributed by atoms with Crippen molar-refractivity contribution in [2.24, 2.45) is 0 Å². The van der Waals surface area contributed by atoms with Crippen molar-refractivity contribution in [1.82, 2.24) is 15.5 Å². The van der Waals surface area contributed by atoms with Crippen molar-refractivity contribution >= 4 is 40.2 Å². The summed E-state index contributed by atoms with van der Waals surface area (Å²) in [5.41, 5.74) is 3.41. The first-order valence-electron chi connectivity index (χ1n) is 10.3. The predicted molar refractivity (Wildman–Crippen MR) is 131 cm³/mol. The van der Waals surface area contributed by atoms with E-state index in [1.165, 1.54) is 24.3 Å². The number of hydrogen-bond acceptors (Lipinski definition) is 4. The summed E-state index contributed by atoms with van der Waals surface area (Å²) in [5.74, 6) is -0.167.